The van der Waals surface area contributed by atoms with E-state index in [1.54, 1.807) is 61.5 Å². The molecule has 8 rings (SSSR count). The van der Waals surface area contributed by atoms with Crippen molar-refractivity contribution in [2.24, 2.45) is 29.1 Å². The van der Waals surface area contributed by atoms with Crippen molar-refractivity contribution in [3.05, 3.63) is 120 Å². The maximum Gasteiger partial charge on any atom is 0.241 e. The SMILES string of the molecule is COc1cccc(O)c1C1C2=CCC3C(=O)N(c4ccc(Nc5ccccc5)cc4)C(=O)C3C2CC2C(=O)N(c3ccccc3)C(=O)C21C. The van der Waals surface area contributed by atoms with Crippen LogP contribution in [0.3, 0.4) is 0 Å². The van der Waals surface area contributed by atoms with Gasteiger partial charge in [0.2, 0.25) is 23.6 Å². The molecular weight excluding hydrogens is 618 g/mol. The van der Waals surface area contributed by atoms with Crippen LogP contribution in [-0.4, -0.2) is 35.8 Å². The van der Waals surface area contributed by atoms with E-state index in [0.717, 1.165) is 16.9 Å². The summed E-state index contributed by atoms with van der Waals surface area (Å²) in [6, 6.07) is 30.7. The number of para-hydroxylation sites is 2. The van der Waals surface area contributed by atoms with Crippen LogP contribution in [0.4, 0.5) is 22.7 Å². The number of amides is 4. The highest BCUT2D eigenvalue weighted by Gasteiger charge is 2.68. The maximum absolute atomic E-state index is 14.6. The van der Waals surface area contributed by atoms with Gasteiger partial charge >= 0.3 is 0 Å². The minimum atomic E-state index is -1.29. The normalized spacial score (nSPS) is 27.4. The number of aromatic hydroxyl groups is 1. The summed E-state index contributed by atoms with van der Waals surface area (Å²) >= 11 is 0. The molecule has 6 unspecified atom stereocenters. The summed E-state index contributed by atoms with van der Waals surface area (Å²) < 4.78 is 5.74. The molecule has 4 aromatic carbocycles. The molecule has 0 spiro atoms. The van der Waals surface area contributed by atoms with Crippen molar-refractivity contribution in [1.82, 2.24) is 0 Å². The molecule has 4 aliphatic rings. The predicted molar refractivity (Wildman–Crippen MR) is 184 cm³/mol. The van der Waals surface area contributed by atoms with Gasteiger partial charge in [-0.3, -0.25) is 24.1 Å². The van der Waals surface area contributed by atoms with E-state index in [1.165, 1.54) is 16.9 Å². The van der Waals surface area contributed by atoms with Crippen LogP contribution in [0, 0.1) is 29.1 Å². The summed E-state index contributed by atoms with van der Waals surface area (Å²) in [6.07, 6.45) is 2.48. The first kappa shape index (κ1) is 30.6. The second kappa shape index (κ2) is 11.5. The first-order chi connectivity index (χ1) is 23.7. The van der Waals surface area contributed by atoms with Gasteiger partial charge in [-0.1, -0.05) is 54.1 Å². The second-order valence-electron chi connectivity index (χ2n) is 13.4. The Morgan fingerprint density at radius 3 is 2.08 bits per heavy atom. The lowest BCUT2D eigenvalue weighted by atomic mass is 9.51. The Morgan fingerprint density at radius 2 is 1.39 bits per heavy atom. The molecule has 0 bridgehead atoms. The number of anilines is 4. The average Bonchev–Trinajstić information content (AvgIpc) is 3.49. The van der Waals surface area contributed by atoms with Gasteiger partial charge in [-0.05, 0) is 86.3 Å². The molecule has 6 atom stereocenters. The first-order valence-corrected chi connectivity index (χ1v) is 16.5. The van der Waals surface area contributed by atoms with E-state index in [0.29, 0.717) is 29.1 Å². The van der Waals surface area contributed by atoms with Gasteiger partial charge in [0.15, 0.2) is 0 Å². The number of phenols is 1. The quantitative estimate of drug-likeness (QED) is 0.178. The van der Waals surface area contributed by atoms with Gasteiger partial charge in [0.25, 0.3) is 0 Å². The number of phenolic OH excluding ortho intramolecular Hbond substituents is 1. The smallest absolute Gasteiger partial charge is 0.241 e. The molecule has 9 nitrogen and oxygen atoms in total. The van der Waals surface area contributed by atoms with Crippen LogP contribution in [0.15, 0.2) is 115 Å². The summed E-state index contributed by atoms with van der Waals surface area (Å²) in [5.41, 5.74) is 2.56. The monoisotopic (exact) mass is 653 g/mol. The fourth-order valence-electron chi connectivity index (χ4n) is 8.78. The van der Waals surface area contributed by atoms with Crippen molar-refractivity contribution in [1.29, 1.82) is 0 Å². The lowest BCUT2D eigenvalue weighted by Crippen LogP contribution is -2.49. The molecule has 2 aliphatic heterocycles. The standard InChI is InChI=1S/C40H35N3O6/c1-40-30(37(46)43(39(40)48)25-12-7-4-8-13-25)22-29-27(35(40)34-31(44)14-9-15-32(34)49-2)20-21-28-33(29)38(47)42(36(28)45)26-18-16-24(17-19-26)41-23-10-5-3-6-11-23/h3-20,28-30,33,35,41,44H,21-22H2,1-2H3. The van der Waals surface area contributed by atoms with Crippen molar-refractivity contribution in [3.8, 4) is 11.5 Å². The maximum atomic E-state index is 14.6. The lowest BCUT2D eigenvalue weighted by Gasteiger charge is -2.49. The zero-order valence-corrected chi connectivity index (χ0v) is 27.1. The van der Waals surface area contributed by atoms with E-state index in [9.17, 15) is 24.3 Å². The summed E-state index contributed by atoms with van der Waals surface area (Å²) in [6.45, 7) is 1.79. The van der Waals surface area contributed by atoms with Gasteiger partial charge in [-0.2, -0.15) is 0 Å². The number of methoxy groups -OCH3 is 1. The van der Waals surface area contributed by atoms with E-state index in [-0.39, 0.29) is 35.8 Å². The Hall–Kier alpha value is -5.70. The van der Waals surface area contributed by atoms with Crippen LogP contribution in [-0.2, 0) is 19.2 Å². The van der Waals surface area contributed by atoms with E-state index in [1.807, 2.05) is 54.6 Å². The van der Waals surface area contributed by atoms with Crippen LogP contribution in [0.1, 0.15) is 31.2 Å². The molecule has 2 N–H and O–H groups in total. The zero-order chi connectivity index (χ0) is 34.0. The average molecular weight is 654 g/mol. The number of allylic oxidation sites excluding steroid dienone is 2. The number of ether oxygens (including phenoxy) is 1. The lowest BCUT2D eigenvalue weighted by molar-refractivity contribution is -0.131. The molecule has 4 amide bonds. The van der Waals surface area contributed by atoms with Gasteiger partial charge in [-0.25, -0.2) is 4.90 Å². The summed E-state index contributed by atoms with van der Waals surface area (Å²) in [7, 11) is 1.50. The molecule has 246 valence electrons. The van der Waals surface area contributed by atoms with Crippen molar-refractivity contribution >= 4 is 46.4 Å². The number of nitrogens with one attached hydrogen (secondary N) is 1. The third kappa shape index (κ3) is 4.52. The molecule has 2 saturated heterocycles. The third-order valence-corrected chi connectivity index (χ3v) is 11.0. The predicted octanol–water partition coefficient (Wildman–Crippen LogP) is 6.58. The van der Waals surface area contributed by atoms with Crippen molar-refractivity contribution in [2.45, 2.75) is 25.7 Å². The highest BCUT2D eigenvalue weighted by molar-refractivity contribution is 6.25. The van der Waals surface area contributed by atoms with Crippen molar-refractivity contribution < 1.29 is 29.0 Å². The largest absolute Gasteiger partial charge is 0.508 e. The molecule has 4 aromatic rings. The number of carbonyl (C=O) groups excluding carboxylic acids is 4. The Balaban J connectivity index is 1.20. The number of hydrogen-bond donors (Lipinski definition) is 2. The number of benzene rings is 4. The van der Waals surface area contributed by atoms with Crippen LogP contribution < -0.4 is 19.9 Å². The van der Waals surface area contributed by atoms with E-state index < -0.39 is 35.0 Å². The third-order valence-electron chi connectivity index (χ3n) is 11.0. The Bertz CT molecular complexity index is 2030. The van der Waals surface area contributed by atoms with Gasteiger partial charge in [0, 0.05) is 22.9 Å². The highest BCUT2D eigenvalue weighted by atomic mass is 16.5. The van der Waals surface area contributed by atoms with Crippen LogP contribution in [0.2, 0.25) is 0 Å². The zero-order valence-electron chi connectivity index (χ0n) is 27.1. The van der Waals surface area contributed by atoms with Gasteiger partial charge in [0.1, 0.15) is 11.5 Å². The fraction of sp³-hybridized carbons (Fsp3) is 0.250. The number of carbonyl (C=O) groups is 4. The molecule has 2 aliphatic carbocycles. The number of fused-ring (bicyclic) bond motifs is 4. The minimum Gasteiger partial charge on any atom is -0.508 e. The van der Waals surface area contributed by atoms with Crippen LogP contribution in [0.25, 0.3) is 0 Å². The summed E-state index contributed by atoms with van der Waals surface area (Å²) in [5.74, 6) is -4.45. The summed E-state index contributed by atoms with van der Waals surface area (Å²) in [5, 5.41) is 14.7. The van der Waals surface area contributed by atoms with Gasteiger partial charge in [0.05, 0.1) is 41.7 Å². The number of imide groups is 2. The van der Waals surface area contributed by atoms with Crippen molar-refractivity contribution in [2.75, 3.05) is 22.2 Å². The number of hydrogen-bond acceptors (Lipinski definition) is 7. The van der Waals surface area contributed by atoms with Gasteiger partial charge < -0.3 is 15.2 Å². The molecule has 0 aromatic heterocycles. The fourth-order valence-corrected chi connectivity index (χ4v) is 8.78. The first-order valence-electron chi connectivity index (χ1n) is 16.5. The van der Waals surface area contributed by atoms with Crippen LogP contribution in [0.5, 0.6) is 11.5 Å². The second-order valence-corrected chi connectivity index (χ2v) is 13.4. The Labute approximate surface area is 283 Å². The molecule has 49 heavy (non-hydrogen) atoms. The minimum absolute atomic E-state index is 0.0638. The molecule has 9 heteroatoms. The molecule has 1 saturated carbocycles. The van der Waals surface area contributed by atoms with Crippen molar-refractivity contribution in [3.63, 3.8) is 0 Å². The molecule has 2 heterocycles. The van der Waals surface area contributed by atoms with E-state index >= 15 is 0 Å². The molecule has 0 radical (unpaired) electrons. The molecular formula is C40H35N3O6. The van der Waals surface area contributed by atoms with E-state index in [4.69, 9.17) is 4.74 Å². The topological polar surface area (TPSA) is 116 Å². The Kier molecular flexibility index (Phi) is 7.17. The number of rotatable bonds is 6. The van der Waals surface area contributed by atoms with Crippen LogP contribution >= 0.6 is 0 Å². The Morgan fingerprint density at radius 1 is 0.735 bits per heavy atom. The summed E-state index contributed by atoms with van der Waals surface area (Å²) in [4.78, 5) is 59.9. The molecule has 3 fully saturated rings. The van der Waals surface area contributed by atoms with E-state index in [2.05, 4.69) is 5.32 Å². The highest BCUT2D eigenvalue weighted by Crippen LogP contribution is 2.65. The van der Waals surface area contributed by atoms with Gasteiger partial charge in [-0.15, -0.1) is 0 Å². The number of nitrogens with zero attached hydrogens (tertiary/aromatic N) is 2.